The van der Waals surface area contributed by atoms with Gasteiger partial charge in [0.25, 0.3) is 0 Å². The molecule has 0 aromatic heterocycles. The third-order valence-corrected chi connectivity index (χ3v) is 8.20. The number of thioether (sulfide) groups is 2. The van der Waals surface area contributed by atoms with Gasteiger partial charge in [0, 0.05) is 31.8 Å². The van der Waals surface area contributed by atoms with Gasteiger partial charge in [-0.1, -0.05) is 49.5 Å². The quantitative estimate of drug-likeness (QED) is 0.416. The van der Waals surface area contributed by atoms with Crippen molar-refractivity contribution in [3.8, 4) is 0 Å². The summed E-state index contributed by atoms with van der Waals surface area (Å²) in [5.74, 6) is -15.3. The van der Waals surface area contributed by atoms with Crippen LogP contribution >= 0.6 is 23.5 Å². The van der Waals surface area contributed by atoms with Gasteiger partial charge >= 0.3 is 17.8 Å². The molecule has 0 amide bonds. The molecule has 2 heterocycles. The third-order valence-electron chi connectivity index (χ3n) is 5.65. The Labute approximate surface area is 149 Å². The number of alkyl halides is 6. The summed E-state index contributed by atoms with van der Waals surface area (Å²) in [6, 6.07) is 0. The summed E-state index contributed by atoms with van der Waals surface area (Å²) in [4.78, 5) is 1.12. The van der Waals surface area contributed by atoms with Crippen molar-refractivity contribution in [1.82, 2.24) is 0 Å². The lowest BCUT2D eigenvalue weighted by Gasteiger charge is -2.45. The lowest BCUT2D eigenvalue weighted by molar-refractivity contribution is -0.258. The zero-order chi connectivity index (χ0) is 18.8. The molecule has 1 fully saturated rings. The fourth-order valence-corrected chi connectivity index (χ4v) is 7.13. The molecule has 0 saturated heterocycles. The minimum atomic E-state index is -5.45. The van der Waals surface area contributed by atoms with E-state index >= 15 is 0 Å². The molecule has 2 aliphatic carbocycles. The molecular formula is C17H14F6S2. The maximum Gasteiger partial charge on any atom is 0.380 e. The van der Waals surface area contributed by atoms with Gasteiger partial charge in [0.15, 0.2) is 0 Å². The van der Waals surface area contributed by atoms with Gasteiger partial charge in [0.1, 0.15) is 0 Å². The van der Waals surface area contributed by atoms with E-state index < -0.39 is 39.7 Å². The average Bonchev–Trinajstić information content (AvgIpc) is 2.95. The molecule has 0 N–H and O–H groups in total. The fourth-order valence-electron chi connectivity index (χ4n) is 4.27. The van der Waals surface area contributed by atoms with Gasteiger partial charge in [-0.05, 0) is 23.7 Å². The van der Waals surface area contributed by atoms with Crippen LogP contribution in [0.2, 0.25) is 0 Å². The predicted molar refractivity (Wildman–Crippen MR) is 87.8 cm³/mol. The molecule has 0 unspecified atom stereocenters. The highest BCUT2D eigenvalue weighted by molar-refractivity contribution is 8.07. The topological polar surface area (TPSA) is 0 Å². The van der Waals surface area contributed by atoms with E-state index in [0.29, 0.717) is 9.81 Å². The van der Waals surface area contributed by atoms with E-state index in [2.05, 4.69) is 0 Å². The predicted octanol–water partition coefficient (Wildman–Crippen LogP) is 6.74. The largest absolute Gasteiger partial charge is 0.380 e. The average molecular weight is 396 g/mol. The van der Waals surface area contributed by atoms with Crippen LogP contribution in [0.5, 0.6) is 0 Å². The minimum absolute atomic E-state index is 0.0837. The van der Waals surface area contributed by atoms with Gasteiger partial charge in [0.05, 0.1) is 0 Å². The molecule has 0 aromatic carbocycles. The molecular weight excluding hydrogens is 382 g/mol. The second-order valence-electron chi connectivity index (χ2n) is 7.25. The molecule has 2 aliphatic heterocycles. The van der Waals surface area contributed by atoms with Crippen LogP contribution in [0.25, 0.3) is 0 Å². The van der Waals surface area contributed by atoms with Gasteiger partial charge in [-0.25, -0.2) is 0 Å². The molecule has 0 bridgehead atoms. The summed E-state index contributed by atoms with van der Waals surface area (Å²) >= 11 is 1.80. The SMILES string of the molecule is CC1=C[C@]2(C)C(=C3C(=C4SC(C)=C[C@]42C)C(F)(F)C(F)(F)C3(F)F)S1. The standard InChI is InChI=1S/C17H14F6S2/c1-7-5-13(3)11(24-7)9-10(12-14(13,4)6-8(2)25-12)16(20,21)17(22,23)15(9,18)19/h5-6H,1-4H3/t13-,14-/m1/s1. The Morgan fingerprint density at radius 3 is 1.32 bits per heavy atom. The Kier molecular flexibility index (Phi) is 3.09. The van der Waals surface area contributed by atoms with Crippen LogP contribution in [0.15, 0.2) is 42.9 Å². The van der Waals surface area contributed by atoms with E-state index in [-0.39, 0.29) is 9.81 Å². The molecule has 136 valence electrons. The van der Waals surface area contributed by atoms with Crippen LogP contribution < -0.4 is 0 Å². The van der Waals surface area contributed by atoms with Gasteiger partial charge in [-0.2, -0.15) is 26.3 Å². The summed E-state index contributed by atoms with van der Waals surface area (Å²) in [5, 5.41) is 0. The summed E-state index contributed by atoms with van der Waals surface area (Å²) in [6.45, 7) is 6.67. The fraction of sp³-hybridized carbons (Fsp3) is 0.529. The molecule has 0 nitrogen and oxygen atoms in total. The van der Waals surface area contributed by atoms with E-state index in [1.165, 1.54) is 0 Å². The van der Waals surface area contributed by atoms with Crippen molar-refractivity contribution < 1.29 is 26.3 Å². The van der Waals surface area contributed by atoms with Crippen LogP contribution in [-0.2, 0) is 0 Å². The van der Waals surface area contributed by atoms with Gasteiger partial charge in [-0.15, -0.1) is 0 Å². The zero-order valence-electron chi connectivity index (χ0n) is 13.7. The van der Waals surface area contributed by atoms with Crippen molar-refractivity contribution in [2.45, 2.75) is 45.5 Å². The van der Waals surface area contributed by atoms with Crippen LogP contribution in [0, 0.1) is 10.8 Å². The van der Waals surface area contributed by atoms with Crippen LogP contribution in [0.3, 0.4) is 0 Å². The smallest absolute Gasteiger partial charge is 0.194 e. The van der Waals surface area contributed by atoms with Crippen molar-refractivity contribution in [3.63, 3.8) is 0 Å². The maximum absolute atomic E-state index is 14.6. The van der Waals surface area contributed by atoms with Crippen LogP contribution in [-0.4, -0.2) is 17.8 Å². The number of fused-ring (bicyclic) bond motifs is 4. The van der Waals surface area contributed by atoms with Crippen LogP contribution in [0.1, 0.15) is 27.7 Å². The Balaban J connectivity index is 2.18. The Morgan fingerprint density at radius 2 is 1.00 bits per heavy atom. The molecule has 4 rings (SSSR count). The summed E-state index contributed by atoms with van der Waals surface area (Å²) in [5.41, 5.74) is -4.46. The highest BCUT2D eigenvalue weighted by Crippen LogP contribution is 2.76. The van der Waals surface area contributed by atoms with Crippen molar-refractivity contribution in [2.24, 2.45) is 10.8 Å². The van der Waals surface area contributed by atoms with E-state index in [4.69, 9.17) is 0 Å². The molecule has 8 heteroatoms. The normalized spacial score (nSPS) is 39.9. The Hall–Kier alpha value is -0.760. The lowest BCUT2D eigenvalue weighted by Crippen LogP contribution is -2.47. The molecule has 25 heavy (non-hydrogen) atoms. The van der Waals surface area contributed by atoms with Crippen molar-refractivity contribution >= 4 is 23.5 Å². The molecule has 2 atom stereocenters. The van der Waals surface area contributed by atoms with E-state index in [9.17, 15) is 26.3 Å². The molecule has 0 aromatic rings. The van der Waals surface area contributed by atoms with Crippen molar-refractivity contribution in [1.29, 1.82) is 0 Å². The number of hydrogen-bond acceptors (Lipinski definition) is 2. The summed E-state index contributed by atoms with van der Waals surface area (Å²) in [6.07, 6.45) is 3.47. The first-order valence-electron chi connectivity index (χ1n) is 7.61. The van der Waals surface area contributed by atoms with Gasteiger partial charge in [0.2, 0.25) is 0 Å². The first kappa shape index (κ1) is 17.6. The second-order valence-corrected chi connectivity index (χ2v) is 9.76. The van der Waals surface area contributed by atoms with Crippen molar-refractivity contribution in [2.75, 3.05) is 0 Å². The van der Waals surface area contributed by atoms with Gasteiger partial charge in [-0.3, -0.25) is 0 Å². The highest BCUT2D eigenvalue weighted by atomic mass is 32.2. The molecule has 0 radical (unpaired) electrons. The Bertz CT molecular complexity index is 779. The highest BCUT2D eigenvalue weighted by Gasteiger charge is 2.84. The van der Waals surface area contributed by atoms with E-state index in [0.717, 1.165) is 23.5 Å². The van der Waals surface area contributed by atoms with E-state index in [1.54, 1.807) is 39.8 Å². The number of rotatable bonds is 0. The summed E-state index contributed by atoms with van der Waals surface area (Å²) < 4.78 is 86.6. The molecule has 1 saturated carbocycles. The zero-order valence-corrected chi connectivity index (χ0v) is 15.4. The first-order chi connectivity index (χ1) is 11.2. The number of hydrogen-bond donors (Lipinski definition) is 0. The Morgan fingerprint density at radius 1 is 0.680 bits per heavy atom. The lowest BCUT2D eigenvalue weighted by atomic mass is 9.60. The van der Waals surface area contributed by atoms with E-state index in [1.807, 2.05) is 0 Å². The number of halogens is 6. The van der Waals surface area contributed by atoms with Crippen molar-refractivity contribution in [3.05, 3.63) is 42.9 Å². The third kappa shape index (κ3) is 1.63. The number of allylic oxidation sites excluding steroid dienone is 8. The molecule has 4 aliphatic rings. The maximum atomic E-state index is 14.6. The van der Waals surface area contributed by atoms with Crippen LogP contribution in [0.4, 0.5) is 26.3 Å². The monoisotopic (exact) mass is 396 g/mol. The first-order valence-corrected chi connectivity index (χ1v) is 9.24. The van der Waals surface area contributed by atoms with Gasteiger partial charge < -0.3 is 0 Å². The second kappa shape index (κ2) is 4.38. The summed E-state index contributed by atoms with van der Waals surface area (Å²) in [7, 11) is 0. The molecule has 0 spiro atoms. The minimum Gasteiger partial charge on any atom is -0.194 e.